The van der Waals surface area contributed by atoms with Crippen molar-refractivity contribution in [2.75, 3.05) is 11.9 Å². The number of allylic oxidation sites excluding steroid dienone is 7. The number of anilines is 1. The Morgan fingerprint density at radius 3 is 2.10 bits per heavy atom. The van der Waals surface area contributed by atoms with E-state index in [1.165, 1.54) is 20.2 Å². The topological polar surface area (TPSA) is 11.2 Å². The van der Waals surface area contributed by atoms with Gasteiger partial charge in [0.25, 0.3) is 0 Å². The van der Waals surface area contributed by atoms with Gasteiger partial charge >= 0.3 is 6.97 Å². The van der Waals surface area contributed by atoms with E-state index in [1.807, 2.05) is 97.1 Å². The van der Waals surface area contributed by atoms with Crippen LogP contribution in [-0.4, -0.2) is 28.7 Å². The molecule has 0 radical (unpaired) electrons. The Hall–Kier alpha value is -4.71. The van der Waals surface area contributed by atoms with E-state index in [1.54, 1.807) is 0 Å². The first-order chi connectivity index (χ1) is 19.8. The van der Waals surface area contributed by atoms with Crippen LogP contribution >= 0.6 is 0 Å². The van der Waals surface area contributed by atoms with Crippen molar-refractivity contribution in [1.29, 1.82) is 0 Å². The Balaban J connectivity index is 1.41. The van der Waals surface area contributed by atoms with E-state index in [2.05, 4.69) is 56.1 Å². The number of likely N-dealkylation sites (N-methyl/N-ethyl adjacent to an activating group) is 1. The molecule has 41 heavy (non-hydrogen) atoms. The Bertz CT molecular complexity index is 1840. The molecule has 0 amide bonds. The van der Waals surface area contributed by atoms with E-state index in [-0.39, 0.29) is 5.41 Å². The summed E-state index contributed by atoms with van der Waals surface area (Å²) >= 11 is 0. The summed E-state index contributed by atoms with van der Waals surface area (Å²) in [6, 6.07) is 30.9. The van der Waals surface area contributed by atoms with Gasteiger partial charge in [0.05, 0.1) is 5.57 Å². The highest BCUT2D eigenvalue weighted by Crippen LogP contribution is 2.47. The number of nitrogens with zero attached hydrogens (tertiary/aromatic N) is 3. The maximum Gasteiger partial charge on any atom is 0.737 e. The first-order valence-electron chi connectivity index (χ1n) is 14.0. The number of rotatable bonds is 4. The molecule has 0 bridgehead atoms. The van der Waals surface area contributed by atoms with Crippen molar-refractivity contribution >= 4 is 23.9 Å². The lowest BCUT2D eigenvalue weighted by molar-refractivity contribution is -0.360. The third kappa shape index (κ3) is 3.74. The summed E-state index contributed by atoms with van der Waals surface area (Å²) in [6.07, 6.45) is 9.73. The molecule has 3 aromatic carbocycles. The van der Waals surface area contributed by atoms with Crippen molar-refractivity contribution in [3.8, 4) is 11.3 Å². The number of fused-ring (bicyclic) bond motifs is 3. The first kappa shape index (κ1) is 25.3. The summed E-state index contributed by atoms with van der Waals surface area (Å²) in [4.78, 5) is 2.22. The number of para-hydroxylation sites is 1. The molecular weight excluding hydrogens is 511 g/mol. The number of aromatic nitrogens is 1. The molecule has 7 rings (SSSR count). The average molecular weight is 541 g/mol. The molecule has 3 aliphatic heterocycles. The maximum absolute atomic E-state index is 16.7. The quantitative estimate of drug-likeness (QED) is 0.238. The number of hydrogen-bond donors (Lipinski definition) is 0. The summed E-state index contributed by atoms with van der Waals surface area (Å²) in [5.41, 5.74) is 7.74. The van der Waals surface area contributed by atoms with Crippen molar-refractivity contribution in [2.24, 2.45) is 0 Å². The summed E-state index contributed by atoms with van der Waals surface area (Å²) in [7, 11) is 2.08. The van der Waals surface area contributed by atoms with Gasteiger partial charge in [-0.3, -0.25) is 0 Å². The van der Waals surface area contributed by atoms with E-state index >= 15 is 8.63 Å². The van der Waals surface area contributed by atoms with Crippen LogP contribution in [0.5, 0.6) is 0 Å². The van der Waals surface area contributed by atoms with Crippen molar-refractivity contribution in [3.05, 3.63) is 156 Å². The maximum atomic E-state index is 16.7. The second-order valence-electron chi connectivity index (χ2n) is 11.3. The number of hydrogen-bond acceptors (Lipinski definition) is 1. The molecule has 4 heterocycles. The molecule has 0 saturated carbocycles. The van der Waals surface area contributed by atoms with E-state index in [4.69, 9.17) is 0 Å². The molecule has 0 fully saturated rings. The molecule has 0 N–H and O–H groups in total. The van der Waals surface area contributed by atoms with Crippen molar-refractivity contribution in [3.63, 3.8) is 0 Å². The van der Waals surface area contributed by atoms with Crippen LogP contribution in [0.3, 0.4) is 0 Å². The summed E-state index contributed by atoms with van der Waals surface area (Å²) < 4.78 is 35.9. The number of halogens is 2. The lowest BCUT2D eigenvalue weighted by Crippen LogP contribution is -2.51. The van der Waals surface area contributed by atoms with E-state index in [0.29, 0.717) is 22.8 Å². The van der Waals surface area contributed by atoms with Gasteiger partial charge < -0.3 is 22.5 Å². The highest BCUT2D eigenvalue weighted by Gasteiger charge is 2.54. The standard InChI is InChI=1S/C35H30BF2N3/c1-35(2)28-18-10-11-19-33(28)39(3)34(35)20-12-17-27-31-23-21-29(25-13-6-4-7-14-25)40(31)36(37,38)41-30(22-24-32(27)41)26-15-8-5-9-16-26/h4-24H,1-3H3/b17-12+,34-20-. The zero-order valence-electron chi connectivity index (χ0n) is 23.3. The van der Waals surface area contributed by atoms with E-state index < -0.39 is 6.97 Å². The summed E-state index contributed by atoms with van der Waals surface area (Å²) in [5, 5.41) is 0. The van der Waals surface area contributed by atoms with Crippen LogP contribution in [-0.2, 0) is 5.41 Å². The molecule has 0 aliphatic carbocycles. The molecule has 4 aromatic rings. The number of benzene rings is 3. The zero-order chi connectivity index (χ0) is 28.4. The highest BCUT2D eigenvalue weighted by molar-refractivity contribution is 6.59. The Kier molecular flexibility index (Phi) is 5.65. The van der Waals surface area contributed by atoms with Gasteiger partial charge in [-0.1, -0.05) is 86.7 Å². The van der Waals surface area contributed by atoms with Gasteiger partial charge in [0.2, 0.25) is 0 Å². The molecule has 3 aliphatic rings. The monoisotopic (exact) mass is 541 g/mol. The SMILES string of the molecule is CN1/C(=C\C=C\C2=C3C=CC(c4ccccc4)=[N+]3[B-](F)(F)n3c2ccc3-c2ccccc2)C(C)(C)c2ccccc21. The van der Waals surface area contributed by atoms with Crippen LogP contribution in [0.15, 0.2) is 139 Å². The van der Waals surface area contributed by atoms with Crippen molar-refractivity contribution in [2.45, 2.75) is 19.3 Å². The molecule has 202 valence electrons. The Labute approximate surface area is 239 Å². The van der Waals surface area contributed by atoms with Gasteiger partial charge in [0.1, 0.15) is 0 Å². The minimum atomic E-state index is -4.17. The van der Waals surface area contributed by atoms with E-state index in [0.717, 1.165) is 22.4 Å². The van der Waals surface area contributed by atoms with Gasteiger partial charge in [-0.15, -0.1) is 0 Å². The van der Waals surface area contributed by atoms with Gasteiger partial charge in [-0.2, -0.15) is 0 Å². The zero-order valence-corrected chi connectivity index (χ0v) is 23.3. The molecule has 1 aromatic heterocycles. The molecule has 0 spiro atoms. The second-order valence-corrected chi connectivity index (χ2v) is 11.3. The smallest absolute Gasteiger partial charge is 0.389 e. The van der Waals surface area contributed by atoms with Gasteiger partial charge in [0.15, 0.2) is 11.4 Å². The van der Waals surface area contributed by atoms with Crippen molar-refractivity contribution < 1.29 is 13.1 Å². The van der Waals surface area contributed by atoms with Gasteiger partial charge in [-0.05, 0) is 53.6 Å². The van der Waals surface area contributed by atoms with Gasteiger partial charge in [0, 0.05) is 53.0 Å². The molecule has 6 heteroatoms. The van der Waals surface area contributed by atoms with Crippen LogP contribution in [0.2, 0.25) is 0 Å². The average Bonchev–Trinajstić information content (AvgIpc) is 3.68. The lowest BCUT2D eigenvalue weighted by Gasteiger charge is -2.33. The third-order valence-corrected chi connectivity index (χ3v) is 8.61. The van der Waals surface area contributed by atoms with Crippen LogP contribution in [0.25, 0.3) is 16.8 Å². The molecule has 0 saturated heterocycles. The predicted octanol–water partition coefficient (Wildman–Crippen LogP) is 8.04. The van der Waals surface area contributed by atoms with E-state index in [9.17, 15) is 0 Å². The molecule has 3 nitrogen and oxygen atoms in total. The minimum absolute atomic E-state index is 0.176. The molecule has 0 unspecified atom stereocenters. The Morgan fingerprint density at radius 2 is 1.39 bits per heavy atom. The molecular formula is C35H30BF2N3. The fourth-order valence-electron chi connectivity index (χ4n) is 6.65. The van der Waals surface area contributed by atoms with Crippen LogP contribution in [0, 0.1) is 0 Å². The molecule has 0 atom stereocenters. The van der Waals surface area contributed by atoms with Crippen LogP contribution < -0.4 is 4.90 Å². The normalized spacial score (nSPS) is 19.3. The first-order valence-corrected chi connectivity index (χ1v) is 14.0. The van der Waals surface area contributed by atoms with Crippen LogP contribution in [0.4, 0.5) is 14.3 Å². The Morgan fingerprint density at radius 1 is 0.756 bits per heavy atom. The largest absolute Gasteiger partial charge is 0.737 e. The van der Waals surface area contributed by atoms with Crippen LogP contribution in [0.1, 0.15) is 30.7 Å². The summed E-state index contributed by atoms with van der Waals surface area (Å²) in [5.74, 6) is 0. The lowest BCUT2D eigenvalue weighted by atomic mass is 9.83. The van der Waals surface area contributed by atoms with Crippen molar-refractivity contribution in [1.82, 2.24) is 4.48 Å². The second kappa shape index (κ2) is 9.17. The third-order valence-electron chi connectivity index (χ3n) is 8.61. The fourth-order valence-corrected chi connectivity index (χ4v) is 6.65. The predicted molar refractivity (Wildman–Crippen MR) is 165 cm³/mol. The summed E-state index contributed by atoms with van der Waals surface area (Å²) in [6.45, 7) is 0.274. The highest BCUT2D eigenvalue weighted by atomic mass is 19.2. The fraction of sp³-hybridized carbons (Fsp3) is 0.114. The minimum Gasteiger partial charge on any atom is -0.389 e. The van der Waals surface area contributed by atoms with Gasteiger partial charge in [-0.25, -0.2) is 0 Å².